The van der Waals surface area contributed by atoms with E-state index >= 15 is 0 Å². The van der Waals surface area contributed by atoms with Gasteiger partial charge in [-0.1, -0.05) is 60.7 Å². The Morgan fingerprint density at radius 3 is 1.47 bits per heavy atom. The molecular formula is C15H14O2. The summed E-state index contributed by atoms with van der Waals surface area (Å²) in [6.45, 7) is 1.26. The molecule has 2 heteroatoms. The standard InChI is InChI=1S/C15H14O2/c1-3-7-13(8-4-1)15(16-11-12-17-15)14-9-5-2-6-10-14/h1-10H,11-12H2. The molecule has 2 aromatic carbocycles. The minimum absolute atomic E-state index is 0.629. The molecule has 2 nitrogen and oxygen atoms in total. The van der Waals surface area contributed by atoms with Crippen LogP contribution in [0.4, 0.5) is 0 Å². The number of benzene rings is 2. The van der Waals surface area contributed by atoms with E-state index in [1.807, 2.05) is 60.7 Å². The van der Waals surface area contributed by atoms with E-state index in [1.165, 1.54) is 0 Å². The Bertz CT molecular complexity index is 431. The highest BCUT2D eigenvalue weighted by atomic mass is 16.7. The Balaban J connectivity index is 2.11. The molecule has 1 heterocycles. The number of rotatable bonds is 2. The van der Waals surface area contributed by atoms with Crippen LogP contribution in [0, 0.1) is 0 Å². The highest BCUT2D eigenvalue weighted by Gasteiger charge is 2.40. The maximum absolute atomic E-state index is 5.89. The van der Waals surface area contributed by atoms with Crippen molar-refractivity contribution in [2.24, 2.45) is 0 Å². The Morgan fingerprint density at radius 1 is 0.647 bits per heavy atom. The molecule has 86 valence electrons. The first-order valence-electron chi connectivity index (χ1n) is 5.81. The van der Waals surface area contributed by atoms with Gasteiger partial charge in [0, 0.05) is 11.1 Å². The normalized spacial score (nSPS) is 18.1. The van der Waals surface area contributed by atoms with Crippen molar-refractivity contribution in [3.8, 4) is 0 Å². The molecule has 0 spiro atoms. The zero-order chi connectivity index (χ0) is 11.6. The first kappa shape index (κ1) is 10.5. The third kappa shape index (κ3) is 1.75. The van der Waals surface area contributed by atoms with Crippen LogP contribution in [0.3, 0.4) is 0 Å². The maximum atomic E-state index is 5.89. The zero-order valence-corrected chi connectivity index (χ0v) is 9.50. The van der Waals surface area contributed by atoms with Crippen molar-refractivity contribution in [1.82, 2.24) is 0 Å². The van der Waals surface area contributed by atoms with Crippen LogP contribution >= 0.6 is 0 Å². The lowest BCUT2D eigenvalue weighted by Gasteiger charge is -2.28. The van der Waals surface area contributed by atoms with Gasteiger partial charge in [-0.2, -0.15) is 0 Å². The van der Waals surface area contributed by atoms with Gasteiger partial charge in [-0.3, -0.25) is 0 Å². The lowest BCUT2D eigenvalue weighted by molar-refractivity contribution is -0.129. The number of hydrogen-bond donors (Lipinski definition) is 0. The molecule has 0 saturated carbocycles. The molecule has 0 unspecified atom stereocenters. The van der Waals surface area contributed by atoms with E-state index in [1.54, 1.807) is 0 Å². The van der Waals surface area contributed by atoms with Crippen LogP contribution < -0.4 is 0 Å². The van der Waals surface area contributed by atoms with Gasteiger partial charge in [0.1, 0.15) is 0 Å². The predicted octanol–water partition coefficient (Wildman–Crippen LogP) is 2.93. The Kier molecular flexibility index (Phi) is 2.67. The van der Waals surface area contributed by atoms with Gasteiger partial charge in [-0.25, -0.2) is 0 Å². The molecule has 0 bridgehead atoms. The molecule has 0 radical (unpaired) electrons. The van der Waals surface area contributed by atoms with Gasteiger partial charge in [0.25, 0.3) is 0 Å². The minimum Gasteiger partial charge on any atom is -0.340 e. The lowest BCUT2D eigenvalue weighted by Crippen LogP contribution is -2.28. The molecule has 1 aliphatic rings. The minimum atomic E-state index is -0.720. The van der Waals surface area contributed by atoms with Crippen LogP contribution in [0.15, 0.2) is 60.7 Å². The SMILES string of the molecule is c1ccc(C2(c3ccccc3)OCCO2)cc1. The Hall–Kier alpha value is -1.64. The second-order valence-corrected chi connectivity index (χ2v) is 4.05. The van der Waals surface area contributed by atoms with Gasteiger partial charge >= 0.3 is 0 Å². The average molecular weight is 226 g/mol. The molecule has 17 heavy (non-hydrogen) atoms. The quantitative estimate of drug-likeness (QED) is 0.783. The van der Waals surface area contributed by atoms with E-state index in [0.717, 1.165) is 11.1 Å². The molecule has 0 aliphatic carbocycles. The maximum Gasteiger partial charge on any atom is 0.222 e. The highest BCUT2D eigenvalue weighted by Crippen LogP contribution is 2.37. The van der Waals surface area contributed by atoms with Gasteiger partial charge in [-0.05, 0) is 0 Å². The monoisotopic (exact) mass is 226 g/mol. The second-order valence-electron chi connectivity index (χ2n) is 4.05. The first-order valence-corrected chi connectivity index (χ1v) is 5.81. The predicted molar refractivity (Wildman–Crippen MR) is 65.6 cm³/mol. The van der Waals surface area contributed by atoms with Crippen LogP contribution in [0.2, 0.25) is 0 Å². The van der Waals surface area contributed by atoms with Gasteiger partial charge in [0.2, 0.25) is 5.79 Å². The molecule has 1 aliphatic heterocycles. The van der Waals surface area contributed by atoms with E-state index in [-0.39, 0.29) is 0 Å². The van der Waals surface area contributed by atoms with Gasteiger partial charge in [0.05, 0.1) is 13.2 Å². The van der Waals surface area contributed by atoms with Crippen molar-refractivity contribution in [3.63, 3.8) is 0 Å². The van der Waals surface area contributed by atoms with Crippen LogP contribution in [0.5, 0.6) is 0 Å². The van der Waals surface area contributed by atoms with Crippen LogP contribution in [0.25, 0.3) is 0 Å². The fourth-order valence-corrected chi connectivity index (χ4v) is 2.23. The van der Waals surface area contributed by atoms with Crippen molar-refractivity contribution in [2.45, 2.75) is 5.79 Å². The third-order valence-electron chi connectivity index (χ3n) is 3.00. The van der Waals surface area contributed by atoms with Crippen molar-refractivity contribution in [3.05, 3.63) is 71.8 Å². The largest absolute Gasteiger partial charge is 0.340 e. The molecule has 0 aromatic heterocycles. The molecule has 3 rings (SSSR count). The first-order chi connectivity index (χ1) is 8.42. The summed E-state index contributed by atoms with van der Waals surface area (Å²) in [6.07, 6.45) is 0. The second kappa shape index (κ2) is 4.32. The third-order valence-corrected chi connectivity index (χ3v) is 3.00. The molecule has 0 atom stereocenters. The summed E-state index contributed by atoms with van der Waals surface area (Å²) < 4.78 is 11.8. The van der Waals surface area contributed by atoms with Crippen molar-refractivity contribution in [2.75, 3.05) is 13.2 Å². The van der Waals surface area contributed by atoms with Gasteiger partial charge in [-0.15, -0.1) is 0 Å². The van der Waals surface area contributed by atoms with Crippen LogP contribution in [-0.2, 0) is 15.3 Å². The fourth-order valence-electron chi connectivity index (χ4n) is 2.23. The zero-order valence-electron chi connectivity index (χ0n) is 9.50. The lowest BCUT2D eigenvalue weighted by atomic mass is 9.97. The van der Waals surface area contributed by atoms with E-state index in [9.17, 15) is 0 Å². The summed E-state index contributed by atoms with van der Waals surface area (Å²) in [7, 11) is 0. The van der Waals surface area contributed by atoms with Crippen molar-refractivity contribution >= 4 is 0 Å². The molecule has 1 saturated heterocycles. The van der Waals surface area contributed by atoms with E-state index in [2.05, 4.69) is 0 Å². The van der Waals surface area contributed by atoms with Gasteiger partial charge < -0.3 is 9.47 Å². The van der Waals surface area contributed by atoms with Crippen LogP contribution in [-0.4, -0.2) is 13.2 Å². The summed E-state index contributed by atoms with van der Waals surface area (Å²) in [6, 6.07) is 20.2. The Morgan fingerprint density at radius 2 is 1.06 bits per heavy atom. The summed E-state index contributed by atoms with van der Waals surface area (Å²) in [5, 5.41) is 0. The summed E-state index contributed by atoms with van der Waals surface area (Å²) >= 11 is 0. The molecule has 2 aromatic rings. The van der Waals surface area contributed by atoms with Crippen molar-refractivity contribution in [1.29, 1.82) is 0 Å². The van der Waals surface area contributed by atoms with E-state index < -0.39 is 5.79 Å². The van der Waals surface area contributed by atoms with E-state index in [0.29, 0.717) is 13.2 Å². The van der Waals surface area contributed by atoms with E-state index in [4.69, 9.17) is 9.47 Å². The molecule has 1 fully saturated rings. The molecule has 0 N–H and O–H groups in total. The average Bonchev–Trinajstić information content (AvgIpc) is 2.91. The topological polar surface area (TPSA) is 18.5 Å². The molecular weight excluding hydrogens is 212 g/mol. The summed E-state index contributed by atoms with van der Waals surface area (Å²) in [5.41, 5.74) is 2.09. The molecule has 0 amide bonds. The van der Waals surface area contributed by atoms with Crippen molar-refractivity contribution < 1.29 is 9.47 Å². The number of ether oxygens (including phenoxy) is 2. The smallest absolute Gasteiger partial charge is 0.222 e. The highest BCUT2D eigenvalue weighted by molar-refractivity contribution is 5.34. The Labute approximate surface area is 101 Å². The van der Waals surface area contributed by atoms with Crippen LogP contribution in [0.1, 0.15) is 11.1 Å². The van der Waals surface area contributed by atoms with Gasteiger partial charge in [0.15, 0.2) is 0 Å². The summed E-state index contributed by atoms with van der Waals surface area (Å²) in [5.74, 6) is -0.720. The fraction of sp³-hybridized carbons (Fsp3) is 0.200. The number of hydrogen-bond acceptors (Lipinski definition) is 2. The summed E-state index contributed by atoms with van der Waals surface area (Å²) in [4.78, 5) is 0.